The number of carbonyl (C=O) groups is 1. The second-order valence-corrected chi connectivity index (χ2v) is 8.24. The highest BCUT2D eigenvalue weighted by atomic mass is 32.2. The molecule has 6 heteroatoms. The normalized spacial score (nSPS) is 12.0. The van der Waals surface area contributed by atoms with Gasteiger partial charge in [0.2, 0.25) is 5.91 Å². The molecular formula is C22H26N4OS. The SMILES string of the molecule is CCn1c(SC(C)C(=O)Nc2c(C)cccc2C)nnc1-c1cccc(C)c1. The predicted molar refractivity (Wildman–Crippen MR) is 116 cm³/mol. The second-order valence-electron chi connectivity index (χ2n) is 6.94. The van der Waals surface area contributed by atoms with Crippen molar-refractivity contribution < 1.29 is 4.79 Å². The van der Waals surface area contributed by atoms with E-state index in [1.807, 2.05) is 51.1 Å². The Morgan fingerprint density at radius 3 is 2.43 bits per heavy atom. The molecule has 1 unspecified atom stereocenters. The Kier molecular flexibility index (Phi) is 6.19. The zero-order chi connectivity index (χ0) is 20.3. The van der Waals surface area contributed by atoms with Gasteiger partial charge in [-0.1, -0.05) is 53.7 Å². The van der Waals surface area contributed by atoms with E-state index in [4.69, 9.17) is 0 Å². The summed E-state index contributed by atoms with van der Waals surface area (Å²) in [6, 6.07) is 14.2. The third kappa shape index (κ3) is 4.28. The number of carbonyl (C=O) groups excluding carboxylic acids is 1. The number of nitrogens with one attached hydrogen (secondary N) is 1. The molecule has 3 aromatic rings. The van der Waals surface area contributed by atoms with Crippen LogP contribution in [0.1, 0.15) is 30.5 Å². The number of benzene rings is 2. The van der Waals surface area contributed by atoms with Gasteiger partial charge in [0.15, 0.2) is 11.0 Å². The van der Waals surface area contributed by atoms with Crippen molar-refractivity contribution in [3.63, 3.8) is 0 Å². The van der Waals surface area contributed by atoms with Crippen molar-refractivity contribution in [1.29, 1.82) is 0 Å². The maximum absolute atomic E-state index is 12.8. The Morgan fingerprint density at radius 2 is 1.79 bits per heavy atom. The molecule has 0 saturated carbocycles. The molecular weight excluding hydrogens is 368 g/mol. The maximum Gasteiger partial charge on any atom is 0.237 e. The molecule has 1 amide bonds. The number of amides is 1. The van der Waals surface area contributed by atoms with E-state index in [9.17, 15) is 4.79 Å². The molecule has 3 rings (SSSR count). The van der Waals surface area contributed by atoms with Gasteiger partial charge < -0.3 is 9.88 Å². The minimum atomic E-state index is -0.293. The Morgan fingerprint density at radius 1 is 1.11 bits per heavy atom. The van der Waals surface area contributed by atoms with Gasteiger partial charge in [0.25, 0.3) is 0 Å². The molecule has 0 aliphatic rings. The van der Waals surface area contributed by atoms with Crippen molar-refractivity contribution in [3.8, 4) is 11.4 Å². The summed E-state index contributed by atoms with van der Waals surface area (Å²) in [6.45, 7) is 10.8. The number of aromatic nitrogens is 3. The van der Waals surface area contributed by atoms with Crippen LogP contribution in [0.5, 0.6) is 0 Å². The first-order valence-corrected chi connectivity index (χ1v) is 10.3. The van der Waals surface area contributed by atoms with Crippen LogP contribution in [0.4, 0.5) is 5.69 Å². The number of rotatable bonds is 6. The molecule has 5 nitrogen and oxygen atoms in total. The first-order chi connectivity index (χ1) is 13.4. The molecule has 1 atom stereocenters. The Balaban J connectivity index is 1.79. The third-order valence-electron chi connectivity index (χ3n) is 4.69. The smallest absolute Gasteiger partial charge is 0.237 e. The standard InChI is InChI=1S/C22H26N4OS/c1-6-26-20(18-12-7-9-14(2)13-18)24-25-22(26)28-17(5)21(27)23-19-15(3)10-8-11-16(19)4/h7-13,17H,6H2,1-5H3,(H,23,27). The number of anilines is 1. The fourth-order valence-electron chi connectivity index (χ4n) is 3.11. The highest BCUT2D eigenvalue weighted by molar-refractivity contribution is 8.00. The highest BCUT2D eigenvalue weighted by Gasteiger charge is 2.21. The molecule has 0 fully saturated rings. The van der Waals surface area contributed by atoms with Gasteiger partial charge in [-0.05, 0) is 51.8 Å². The molecule has 0 saturated heterocycles. The van der Waals surface area contributed by atoms with E-state index in [-0.39, 0.29) is 11.2 Å². The number of para-hydroxylation sites is 1. The van der Waals surface area contributed by atoms with E-state index >= 15 is 0 Å². The maximum atomic E-state index is 12.8. The van der Waals surface area contributed by atoms with Crippen LogP contribution in [-0.4, -0.2) is 25.9 Å². The zero-order valence-electron chi connectivity index (χ0n) is 17.0. The molecule has 0 bridgehead atoms. The summed E-state index contributed by atoms with van der Waals surface area (Å²) in [5.41, 5.74) is 5.22. The highest BCUT2D eigenvalue weighted by Crippen LogP contribution is 2.28. The van der Waals surface area contributed by atoms with Crippen molar-refractivity contribution in [1.82, 2.24) is 14.8 Å². The van der Waals surface area contributed by atoms with Gasteiger partial charge in [0.05, 0.1) is 5.25 Å². The van der Waals surface area contributed by atoms with Crippen molar-refractivity contribution in [2.75, 3.05) is 5.32 Å². The first kappa shape index (κ1) is 20.1. The molecule has 0 spiro atoms. The predicted octanol–water partition coefficient (Wildman–Crippen LogP) is 5.01. The quantitative estimate of drug-likeness (QED) is 0.597. The Bertz CT molecular complexity index is 976. The summed E-state index contributed by atoms with van der Waals surface area (Å²) < 4.78 is 2.06. The van der Waals surface area contributed by atoms with Crippen LogP contribution in [-0.2, 0) is 11.3 Å². The monoisotopic (exact) mass is 394 g/mol. The van der Waals surface area contributed by atoms with E-state index < -0.39 is 0 Å². The van der Waals surface area contributed by atoms with Gasteiger partial charge in [-0.25, -0.2) is 0 Å². The fourth-order valence-corrected chi connectivity index (χ4v) is 4.02. The van der Waals surface area contributed by atoms with Crippen LogP contribution >= 0.6 is 11.8 Å². The average molecular weight is 395 g/mol. The lowest BCUT2D eigenvalue weighted by atomic mass is 10.1. The number of thioether (sulfide) groups is 1. The van der Waals surface area contributed by atoms with E-state index in [1.165, 1.54) is 17.3 Å². The summed E-state index contributed by atoms with van der Waals surface area (Å²) in [4.78, 5) is 12.8. The molecule has 2 aromatic carbocycles. The van der Waals surface area contributed by atoms with Crippen LogP contribution in [0.15, 0.2) is 47.6 Å². The van der Waals surface area contributed by atoms with Crippen LogP contribution in [0.25, 0.3) is 11.4 Å². The average Bonchev–Trinajstić information content (AvgIpc) is 3.07. The molecule has 0 aliphatic heterocycles. The molecule has 146 valence electrons. The summed E-state index contributed by atoms with van der Waals surface area (Å²) in [5.74, 6) is 0.793. The van der Waals surface area contributed by atoms with E-state index in [2.05, 4.69) is 46.1 Å². The minimum absolute atomic E-state index is 0.0369. The van der Waals surface area contributed by atoms with Crippen LogP contribution in [0.3, 0.4) is 0 Å². The summed E-state index contributed by atoms with van der Waals surface area (Å²) in [7, 11) is 0. The molecule has 28 heavy (non-hydrogen) atoms. The van der Waals surface area contributed by atoms with Gasteiger partial charge in [-0.2, -0.15) is 0 Å². The number of hydrogen-bond donors (Lipinski definition) is 1. The third-order valence-corrected chi connectivity index (χ3v) is 5.77. The fraction of sp³-hybridized carbons (Fsp3) is 0.318. The van der Waals surface area contributed by atoms with Crippen LogP contribution in [0.2, 0.25) is 0 Å². The van der Waals surface area contributed by atoms with E-state index in [1.54, 1.807) is 0 Å². The molecule has 1 N–H and O–H groups in total. The molecule has 1 aromatic heterocycles. The van der Waals surface area contributed by atoms with Crippen molar-refractivity contribution >= 4 is 23.4 Å². The number of hydrogen-bond acceptors (Lipinski definition) is 4. The first-order valence-electron chi connectivity index (χ1n) is 9.44. The summed E-state index contributed by atoms with van der Waals surface area (Å²) in [6.07, 6.45) is 0. The van der Waals surface area contributed by atoms with Gasteiger partial charge in [-0.3, -0.25) is 4.79 Å². The van der Waals surface area contributed by atoms with Crippen molar-refractivity contribution in [2.45, 2.75) is 51.6 Å². The van der Waals surface area contributed by atoms with E-state index in [0.29, 0.717) is 0 Å². The second kappa shape index (κ2) is 8.61. The van der Waals surface area contributed by atoms with E-state index in [0.717, 1.165) is 39.9 Å². The zero-order valence-corrected chi connectivity index (χ0v) is 17.8. The van der Waals surface area contributed by atoms with Gasteiger partial charge >= 0.3 is 0 Å². The molecule has 1 heterocycles. The van der Waals surface area contributed by atoms with Crippen molar-refractivity contribution in [2.24, 2.45) is 0 Å². The lowest BCUT2D eigenvalue weighted by Gasteiger charge is -2.15. The van der Waals surface area contributed by atoms with Gasteiger partial charge in [0.1, 0.15) is 0 Å². The Hall–Kier alpha value is -2.60. The van der Waals surface area contributed by atoms with Crippen LogP contribution < -0.4 is 5.32 Å². The largest absolute Gasteiger partial charge is 0.325 e. The summed E-state index contributed by atoms with van der Waals surface area (Å²) >= 11 is 1.43. The van der Waals surface area contributed by atoms with Crippen LogP contribution in [0, 0.1) is 20.8 Å². The topological polar surface area (TPSA) is 59.8 Å². The van der Waals surface area contributed by atoms with Gasteiger partial charge in [-0.15, -0.1) is 10.2 Å². The lowest BCUT2D eigenvalue weighted by molar-refractivity contribution is -0.115. The lowest BCUT2D eigenvalue weighted by Crippen LogP contribution is -2.23. The minimum Gasteiger partial charge on any atom is -0.325 e. The van der Waals surface area contributed by atoms with Crippen molar-refractivity contribution in [3.05, 3.63) is 59.2 Å². The summed E-state index contributed by atoms with van der Waals surface area (Å²) in [5, 5.41) is 12.3. The molecule has 0 aliphatic carbocycles. The Labute approximate surface area is 170 Å². The number of aryl methyl sites for hydroxylation is 3. The van der Waals surface area contributed by atoms with Gasteiger partial charge in [0, 0.05) is 17.8 Å². The number of nitrogens with zero attached hydrogens (tertiary/aromatic N) is 3. The molecule has 0 radical (unpaired) electrons.